The molecule has 0 spiro atoms. The smallest absolute Gasteiger partial charge is 0.0640 e. The largest absolute Gasteiger partial charge is 0.327 e. The summed E-state index contributed by atoms with van der Waals surface area (Å²) in [5.41, 5.74) is 7.31. The zero-order chi connectivity index (χ0) is 12.3. The van der Waals surface area contributed by atoms with Crippen LogP contribution in [0, 0.1) is 5.92 Å². The predicted octanol–water partition coefficient (Wildman–Crippen LogP) is 2.91. The zero-order valence-electron chi connectivity index (χ0n) is 11.1. The fourth-order valence-corrected chi connectivity index (χ4v) is 2.49. The number of aromatic nitrogens is 2. The maximum atomic E-state index is 6.15. The molecule has 0 aliphatic heterocycles. The maximum Gasteiger partial charge on any atom is 0.0640 e. The van der Waals surface area contributed by atoms with E-state index in [0.717, 1.165) is 30.9 Å². The molecule has 0 aromatic carbocycles. The van der Waals surface area contributed by atoms with E-state index in [1.54, 1.807) is 0 Å². The number of nitrogens with zero attached hydrogens (tertiary/aromatic N) is 2. The molecule has 0 saturated heterocycles. The molecule has 2 rings (SSSR count). The summed E-state index contributed by atoms with van der Waals surface area (Å²) in [5.74, 6) is 0.908. The zero-order valence-corrected chi connectivity index (χ0v) is 11.1. The van der Waals surface area contributed by atoms with Crippen LogP contribution in [0.5, 0.6) is 0 Å². The van der Waals surface area contributed by atoms with Crippen molar-refractivity contribution in [1.82, 2.24) is 9.78 Å². The van der Waals surface area contributed by atoms with Crippen LogP contribution in [0.25, 0.3) is 0 Å². The second kappa shape index (κ2) is 5.67. The summed E-state index contributed by atoms with van der Waals surface area (Å²) in [4.78, 5) is 0. The topological polar surface area (TPSA) is 43.8 Å². The molecule has 17 heavy (non-hydrogen) atoms. The van der Waals surface area contributed by atoms with Gasteiger partial charge < -0.3 is 5.73 Å². The SMILES string of the molecule is CCC(CC)n1ccc(CC(N)CC2CC2)n1. The molecule has 1 aliphatic carbocycles. The van der Waals surface area contributed by atoms with Crippen molar-refractivity contribution < 1.29 is 0 Å². The van der Waals surface area contributed by atoms with E-state index in [2.05, 4.69) is 35.9 Å². The van der Waals surface area contributed by atoms with E-state index in [1.807, 2.05) is 0 Å². The molecule has 3 nitrogen and oxygen atoms in total. The van der Waals surface area contributed by atoms with Crippen molar-refractivity contribution in [1.29, 1.82) is 0 Å². The molecule has 1 aromatic heterocycles. The minimum atomic E-state index is 0.299. The molecule has 1 atom stereocenters. The van der Waals surface area contributed by atoms with Crippen LogP contribution in [-0.4, -0.2) is 15.8 Å². The fraction of sp³-hybridized carbons (Fsp3) is 0.786. The lowest BCUT2D eigenvalue weighted by atomic mass is 10.1. The van der Waals surface area contributed by atoms with Gasteiger partial charge in [0.2, 0.25) is 0 Å². The maximum absolute atomic E-state index is 6.15. The van der Waals surface area contributed by atoms with Crippen LogP contribution >= 0.6 is 0 Å². The Balaban J connectivity index is 1.87. The molecule has 1 aliphatic rings. The Morgan fingerprint density at radius 3 is 2.71 bits per heavy atom. The third-order valence-electron chi connectivity index (χ3n) is 3.78. The first-order valence-electron chi connectivity index (χ1n) is 7.02. The lowest BCUT2D eigenvalue weighted by molar-refractivity contribution is 0.423. The first-order valence-corrected chi connectivity index (χ1v) is 7.02. The van der Waals surface area contributed by atoms with Crippen molar-refractivity contribution in [3.63, 3.8) is 0 Å². The first-order chi connectivity index (χ1) is 8.22. The van der Waals surface area contributed by atoms with Gasteiger partial charge in [-0.3, -0.25) is 4.68 Å². The highest BCUT2D eigenvalue weighted by Crippen LogP contribution is 2.33. The summed E-state index contributed by atoms with van der Waals surface area (Å²) in [5, 5.41) is 4.66. The van der Waals surface area contributed by atoms with Gasteiger partial charge in [0.05, 0.1) is 11.7 Å². The number of hydrogen-bond acceptors (Lipinski definition) is 2. The molecule has 0 amide bonds. The van der Waals surface area contributed by atoms with Gasteiger partial charge in [0, 0.05) is 18.7 Å². The molecule has 3 heteroatoms. The third kappa shape index (κ3) is 3.56. The Morgan fingerprint density at radius 1 is 1.41 bits per heavy atom. The van der Waals surface area contributed by atoms with Gasteiger partial charge >= 0.3 is 0 Å². The molecule has 0 radical (unpaired) electrons. The van der Waals surface area contributed by atoms with Gasteiger partial charge in [-0.1, -0.05) is 26.7 Å². The van der Waals surface area contributed by atoms with Crippen molar-refractivity contribution in [2.24, 2.45) is 11.7 Å². The van der Waals surface area contributed by atoms with Gasteiger partial charge in [-0.2, -0.15) is 5.10 Å². The van der Waals surface area contributed by atoms with Crippen molar-refractivity contribution in [3.05, 3.63) is 18.0 Å². The van der Waals surface area contributed by atoms with E-state index in [1.165, 1.54) is 19.3 Å². The Morgan fingerprint density at radius 2 is 2.12 bits per heavy atom. The summed E-state index contributed by atoms with van der Waals surface area (Å²) in [6.07, 6.45) is 9.28. The fourth-order valence-electron chi connectivity index (χ4n) is 2.49. The van der Waals surface area contributed by atoms with E-state index < -0.39 is 0 Å². The van der Waals surface area contributed by atoms with E-state index in [9.17, 15) is 0 Å². The van der Waals surface area contributed by atoms with Gasteiger partial charge in [0.25, 0.3) is 0 Å². The predicted molar refractivity (Wildman–Crippen MR) is 70.9 cm³/mol. The Kier molecular flexibility index (Phi) is 4.21. The second-order valence-corrected chi connectivity index (χ2v) is 5.40. The van der Waals surface area contributed by atoms with Crippen LogP contribution in [0.1, 0.15) is 57.7 Å². The number of hydrogen-bond donors (Lipinski definition) is 1. The molecule has 1 heterocycles. The normalized spacial score (nSPS) is 17.6. The van der Waals surface area contributed by atoms with E-state index in [4.69, 9.17) is 5.73 Å². The van der Waals surface area contributed by atoms with Crippen LogP contribution < -0.4 is 5.73 Å². The Hall–Kier alpha value is -0.830. The van der Waals surface area contributed by atoms with Crippen molar-refractivity contribution in [3.8, 4) is 0 Å². The van der Waals surface area contributed by atoms with Crippen molar-refractivity contribution >= 4 is 0 Å². The van der Waals surface area contributed by atoms with E-state index >= 15 is 0 Å². The molecule has 96 valence electrons. The summed E-state index contributed by atoms with van der Waals surface area (Å²) < 4.78 is 2.11. The quantitative estimate of drug-likeness (QED) is 0.789. The molecule has 1 fully saturated rings. The summed E-state index contributed by atoms with van der Waals surface area (Å²) in [6, 6.07) is 2.97. The van der Waals surface area contributed by atoms with Crippen LogP contribution in [0.15, 0.2) is 12.3 Å². The Bertz CT molecular complexity index is 337. The average Bonchev–Trinajstić information content (AvgIpc) is 2.99. The van der Waals surface area contributed by atoms with Crippen molar-refractivity contribution in [2.45, 2.75) is 64.5 Å². The molecule has 1 saturated carbocycles. The summed E-state index contributed by atoms with van der Waals surface area (Å²) in [7, 11) is 0. The van der Waals surface area contributed by atoms with E-state index in [-0.39, 0.29) is 0 Å². The van der Waals surface area contributed by atoms with Crippen LogP contribution in [0.3, 0.4) is 0 Å². The highest BCUT2D eigenvalue weighted by atomic mass is 15.3. The van der Waals surface area contributed by atoms with E-state index in [0.29, 0.717) is 12.1 Å². The molecule has 2 N–H and O–H groups in total. The average molecular weight is 235 g/mol. The summed E-state index contributed by atoms with van der Waals surface area (Å²) >= 11 is 0. The van der Waals surface area contributed by atoms with Crippen LogP contribution in [-0.2, 0) is 6.42 Å². The third-order valence-corrected chi connectivity index (χ3v) is 3.78. The molecular weight excluding hydrogens is 210 g/mol. The summed E-state index contributed by atoms with van der Waals surface area (Å²) in [6.45, 7) is 4.43. The standard InChI is InChI=1S/C14H25N3/c1-3-14(4-2)17-8-7-13(16-17)10-12(15)9-11-5-6-11/h7-8,11-12,14H,3-6,9-10,15H2,1-2H3. The lowest BCUT2D eigenvalue weighted by Gasteiger charge is -2.13. The molecule has 0 bridgehead atoms. The number of rotatable bonds is 7. The van der Waals surface area contributed by atoms with Gasteiger partial charge in [0.1, 0.15) is 0 Å². The molecule has 1 aromatic rings. The number of nitrogens with two attached hydrogens (primary N) is 1. The molecule has 1 unspecified atom stereocenters. The minimum Gasteiger partial charge on any atom is -0.327 e. The Labute approximate surface area is 104 Å². The highest BCUT2D eigenvalue weighted by Gasteiger charge is 2.24. The lowest BCUT2D eigenvalue weighted by Crippen LogP contribution is -2.23. The van der Waals surface area contributed by atoms with Gasteiger partial charge in [0.15, 0.2) is 0 Å². The minimum absolute atomic E-state index is 0.299. The monoisotopic (exact) mass is 235 g/mol. The van der Waals surface area contributed by atoms with Gasteiger partial charge in [-0.25, -0.2) is 0 Å². The van der Waals surface area contributed by atoms with Gasteiger partial charge in [-0.05, 0) is 31.2 Å². The first kappa shape index (κ1) is 12.6. The van der Waals surface area contributed by atoms with Crippen LogP contribution in [0.2, 0.25) is 0 Å². The van der Waals surface area contributed by atoms with Crippen molar-refractivity contribution in [2.75, 3.05) is 0 Å². The molecular formula is C14H25N3. The van der Waals surface area contributed by atoms with Crippen LogP contribution in [0.4, 0.5) is 0 Å². The second-order valence-electron chi connectivity index (χ2n) is 5.40. The van der Waals surface area contributed by atoms with Gasteiger partial charge in [-0.15, -0.1) is 0 Å². The highest BCUT2D eigenvalue weighted by molar-refractivity contribution is 5.02.